The highest BCUT2D eigenvalue weighted by atomic mass is 16.5. The second kappa shape index (κ2) is 9.66. The third kappa shape index (κ3) is 4.88. The van der Waals surface area contributed by atoms with Gasteiger partial charge in [0, 0.05) is 25.8 Å². The molecule has 164 valence electrons. The van der Waals surface area contributed by atoms with E-state index in [0.29, 0.717) is 29.9 Å². The van der Waals surface area contributed by atoms with Crippen molar-refractivity contribution < 1.29 is 29.3 Å². The third-order valence-electron chi connectivity index (χ3n) is 4.98. The van der Waals surface area contributed by atoms with E-state index in [1.54, 1.807) is 43.5 Å². The maximum absolute atomic E-state index is 13.0. The lowest BCUT2D eigenvalue weighted by Crippen LogP contribution is -2.31. The highest BCUT2D eigenvalue weighted by Gasteiger charge is 2.45. The Balaban J connectivity index is 2.09. The van der Waals surface area contributed by atoms with Gasteiger partial charge in [-0.1, -0.05) is 24.3 Å². The summed E-state index contributed by atoms with van der Waals surface area (Å²) in [4.78, 5) is 27.2. The van der Waals surface area contributed by atoms with E-state index in [1.165, 1.54) is 17.0 Å². The summed E-state index contributed by atoms with van der Waals surface area (Å²) in [6, 6.07) is 12.3. The number of phenolic OH excluding ortho intramolecular Hbond substituents is 1. The molecule has 0 aromatic heterocycles. The average molecular weight is 425 g/mol. The van der Waals surface area contributed by atoms with Gasteiger partial charge in [-0.25, -0.2) is 0 Å². The lowest BCUT2D eigenvalue weighted by molar-refractivity contribution is -0.140. The Morgan fingerprint density at radius 2 is 1.84 bits per heavy atom. The van der Waals surface area contributed by atoms with Crippen LogP contribution in [0.25, 0.3) is 5.76 Å². The Morgan fingerprint density at radius 3 is 2.48 bits per heavy atom. The van der Waals surface area contributed by atoms with Crippen molar-refractivity contribution in [3.63, 3.8) is 0 Å². The highest BCUT2D eigenvalue weighted by Crippen LogP contribution is 2.40. The number of hydrogen-bond donors (Lipinski definition) is 2. The molecule has 0 spiro atoms. The van der Waals surface area contributed by atoms with Crippen LogP contribution in [-0.2, 0) is 14.3 Å². The molecular weight excluding hydrogens is 398 g/mol. The molecule has 1 fully saturated rings. The Kier molecular flexibility index (Phi) is 6.97. The van der Waals surface area contributed by atoms with Gasteiger partial charge in [-0.15, -0.1) is 0 Å². The number of likely N-dealkylation sites (tertiary alicyclic amines) is 1. The van der Waals surface area contributed by atoms with Crippen molar-refractivity contribution >= 4 is 17.4 Å². The van der Waals surface area contributed by atoms with Crippen molar-refractivity contribution in [2.45, 2.75) is 32.4 Å². The minimum atomic E-state index is -0.771. The van der Waals surface area contributed by atoms with Gasteiger partial charge in [0.25, 0.3) is 11.7 Å². The summed E-state index contributed by atoms with van der Waals surface area (Å²) in [7, 11) is 1.57. The van der Waals surface area contributed by atoms with Gasteiger partial charge in [-0.2, -0.15) is 0 Å². The fraction of sp³-hybridized carbons (Fsp3) is 0.333. The molecule has 1 amide bonds. The molecule has 1 saturated heterocycles. The van der Waals surface area contributed by atoms with Gasteiger partial charge < -0.3 is 24.6 Å². The van der Waals surface area contributed by atoms with Crippen molar-refractivity contribution in [3.05, 3.63) is 65.2 Å². The number of methoxy groups -OCH3 is 1. The van der Waals surface area contributed by atoms with E-state index in [4.69, 9.17) is 9.47 Å². The van der Waals surface area contributed by atoms with Gasteiger partial charge in [0.05, 0.1) is 17.7 Å². The second-order valence-corrected chi connectivity index (χ2v) is 7.62. The molecular formula is C24H27NO6. The monoisotopic (exact) mass is 425 g/mol. The number of aromatic hydroxyl groups is 1. The minimum absolute atomic E-state index is 0.00908. The number of ketones is 1. The predicted octanol–water partition coefficient (Wildman–Crippen LogP) is 3.64. The van der Waals surface area contributed by atoms with Crippen molar-refractivity contribution in [3.8, 4) is 11.5 Å². The number of amides is 1. The number of carbonyl (C=O) groups excluding carboxylic acids is 2. The molecule has 7 heteroatoms. The van der Waals surface area contributed by atoms with Crippen LogP contribution < -0.4 is 4.74 Å². The first-order valence-electron chi connectivity index (χ1n) is 10.2. The first-order chi connectivity index (χ1) is 14.8. The van der Waals surface area contributed by atoms with Crippen LogP contribution in [0.5, 0.6) is 11.5 Å². The standard InChI is InChI=1S/C24H27NO6/c1-15(2)31-19-7-4-6-17(14-19)22(27)20-21(16-8-10-18(26)11-9-16)25(12-5-13-30-3)24(29)23(20)28/h4,6-11,14-15,21,26-27H,5,12-13H2,1-3H3/b22-20-. The van der Waals surface area contributed by atoms with E-state index in [-0.39, 0.29) is 29.7 Å². The number of rotatable bonds is 8. The number of phenols is 1. The van der Waals surface area contributed by atoms with E-state index < -0.39 is 17.7 Å². The molecule has 0 saturated carbocycles. The highest BCUT2D eigenvalue weighted by molar-refractivity contribution is 6.46. The molecule has 2 N–H and O–H groups in total. The molecule has 3 rings (SSSR count). The zero-order valence-electron chi connectivity index (χ0n) is 17.9. The maximum atomic E-state index is 13.0. The molecule has 1 atom stereocenters. The van der Waals surface area contributed by atoms with E-state index in [0.717, 1.165) is 0 Å². The van der Waals surface area contributed by atoms with Crippen LogP contribution >= 0.6 is 0 Å². The van der Waals surface area contributed by atoms with E-state index in [1.807, 2.05) is 13.8 Å². The van der Waals surface area contributed by atoms with Gasteiger partial charge in [0.15, 0.2) is 0 Å². The summed E-state index contributed by atoms with van der Waals surface area (Å²) >= 11 is 0. The molecule has 1 heterocycles. The van der Waals surface area contributed by atoms with Gasteiger partial charge in [0.1, 0.15) is 17.3 Å². The summed E-state index contributed by atoms with van der Waals surface area (Å²) in [6.45, 7) is 4.50. The normalized spacial score (nSPS) is 18.1. The molecule has 1 aliphatic rings. The molecule has 7 nitrogen and oxygen atoms in total. The quantitative estimate of drug-likeness (QED) is 0.290. The van der Waals surface area contributed by atoms with Gasteiger partial charge in [0.2, 0.25) is 0 Å². The number of ether oxygens (including phenoxy) is 2. The zero-order chi connectivity index (χ0) is 22.5. The van der Waals surface area contributed by atoms with Crippen LogP contribution in [0, 0.1) is 0 Å². The first kappa shape index (κ1) is 22.4. The summed E-state index contributed by atoms with van der Waals surface area (Å²) in [5.41, 5.74) is 1.01. The molecule has 1 unspecified atom stereocenters. The van der Waals surface area contributed by atoms with Crippen molar-refractivity contribution in [2.75, 3.05) is 20.3 Å². The van der Waals surface area contributed by atoms with Gasteiger partial charge in [-0.05, 0) is 50.1 Å². The Labute approximate surface area is 181 Å². The third-order valence-corrected chi connectivity index (χ3v) is 4.98. The van der Waals surface area contributed by atoms with Crippen LogP contribution in [0.4, 0.5) is 0 Å². The minimum Gasteiger partial charge on any atom is -0.508 e. The lowest BCUT2D eigenvalue weighted by Gasteiger charge is -2.25. The Hall–Kier alpha value is -3.32. The van der Waals surface area contributed by atoms with Gasteiger partial charge >= 0.3 is 0 Å². The summed E-state index contributed by atoms with van der Waals surface area (Å²) in [5.74, 6) is -1.07. The van der Waals surface area contributed by atoms with Crippen molar-refractivity contribution in [1.29, 1.82) is 0 Å². The molecule has 2 aromatic rings. The second-order valence-electron chi connectivity index (χ2n) is 7.62. The Bertz CT molecular complexity index is 980. The van der Waals surface area contributed by atoms with Crippen molar-refractivity contribution in [2.24, 2.45) is 0 Å². The molecule has 2 aromatic carbocycles. The average Bonchev–Trinajstić information content (AvgIpc) is 2.99. The van der Waals surface area contributed by atoms with E-state index in [9.17, 15) is 19.8 Å². The first-order valence-corrected chi connectivity index (χ1v) is 10.2. The number of benzene rings is 2. The van der Waals surface area contributed by atoms with Crippen LogP contribution in [0.3, 0.4) is 0 Å². The van der Waals surface area contributed by atoms with E-state index in [2.05, 4.69) is 0 Å². The number of carbonyl (C=O) groups is 2. The Morgan fingerprint density at radius 1 is 1.13 bits per heavy atom. The summed E-state index contributed by atoms with van der Waals surface area (Å²) in [6.07, 6.45) is 0.483. The molecule has 0 aliphatic carbocycles. The maximum Gasteiger partial charge on any atom is 0.295 e. The topological polar surface area (TPSA) is 96.3 Å². The summed E-state index contributed by atoms with van der Waals surface area (Å²) < 4.78 is 10.8. The van der Waals surface area contributed by atoms with Crippen LogP contribution in [0.2, 0.25) is 0 Å². The number of aliphatic hydroxyl groups excluding tert-OH is 1. The fourth-order valence-corrected chi connectivity index (χ4v) is 3.64. The molecule has 0 radical (unpaired) electrons. The van der Waals surface area contributed by atoms with Gasteiger partial charge in [-0.3, -0.25) is 9.59 Å². The SMILES string of the molecule is COCCCN1C(=O)C(=O)/C(=C(\O)c2cccc(OC(C)C)c2)C1c1ccc(O)cc1. The number of aliphatic hydroxyl groups is 1. The number of nitrogens with zero attached hydrogens (tertiary/aromatic N) is 1. The van der Waals surface area contributed by atoms with E-state index >= 15 is 0 Å². The molecule has 0 bridgehead atoms. The smallest absolute Gasteiger partial charge is 0.295 e. The van der Waals surface area contributed by atoms with Crippen LogP contribution in [0.1, 0.15) is 37.4 Å². The predicted molar refractivity (Wildman–Crippen MR) is 116 cm³/mol. The zero-order valence-corrected chi connectivity index (χ0v) is 17.9. The largest absolute Gasteiger partial charge is 0.508 e. The fourth-order valence-electron chi connectivity index (χ4n) is 3.64. The number of hydrogen-bond acceptors (Lipinski definition) is 6. The molecule has 1 aliphatic heterocycles. The lowest BCUT2D eigenvalue weighted by atomic mass is 9.95. The van der Waals surface area contributed by atoms with Crippen molar-refractivity contribution in [1.82, 2.24) is 4.90 Å². The number of Topliss-reactive ketones (excluding diaryl/α,β-unsaturated/α-hetero) is 1. The van der Waals surface area contributed by atoms with Crippen LogP contribution in [0.15, 0.2) is 54.1 Å². The summed E-state index contributed by atoms with van der Waals surface area (Å²) in [5, 5.41) is 20.8. The molecule has 31 heavy (non-hydrogen) atoms. The van der Waals surface area contributed by atoms with Crippen LogP contribution in [-0.4, -0.2) is 53.2 Å².